The molecule has 0 saturated carbocycles. The third kappa shape index (κ3) is 3.77. The first-order valence-electron chi connectivity index (χ1n) is 7.14. The molecular formula is C18H15FN2O2. The Kier molecular flexibility index (Phi) is 4.38. The molecule has 3 rings (SSSR count). The van der Waals surface area contributed by atoms with Gasteiger partial charge in [0.15, 0.2) is 0 Å². The first-order valence-corrected chi connectivity index (χ1v) is 7.14. The van der Waals surface area contributed by atoms with Gasteiger partial charge in [-0.15, -0.1) is 0 Å². The predicted octanol–water partition coefficient (Wildman–Crippen LogP) is 4.09. The molecule has 23 heavy (non-hydrogen) atoms. The zero-order valence-corrected chi connectivity index (χ0v) is 12.3. The molecule has 0 aliphatic heterocycles. The Labute approximate surface area is 132 Å². The Morgan fingerprint density at radius 3 is 2.52 bits per heavy atom. The van der Waals surface area contributed by atoms with Crippen molar-refractivity contribution in [3.8, 4) is 0 Å². The summed E-state index contributed by atoms with van der Waals surface area (Å²) in [7, 11) is 0. The normalized spacial score (nSPS) is 10.3. The van der Waals surface area contributed by atoms with Crippen LogP contribution in [-0.4, -0.2) is 5.91 Å². The van der Waals surface area contributed by atoms with E-state index >= 15 is 0 Å². The van der Waals surface area contributed by atoms with Crippen molar-refractivity contribution in [3.63, 3.8) is 0 Å². The second-order valence-corrected chi connectivity index (χ2v) is 4.94. The van der Waals surface area contributed by atoms with Gasteiger partial charge in [-0.3, -0.25) is 4.79 Å². The summed E-state index contributed by atoms with van der Waals surface area (Å²) < 4.78 is 18.2. The fourth-order valence-electron chi connectivity index (χ4n) is 2.15. The maximum Gasteiger partial charge on any atom is 0.253 e. The van der Waals surface area contributed by atoms with Crippen molar-refractivity contribution in [2.75, 3.05) is 5.32 Å². The van der Waals surface area contributed by atoms with E-state index in [9.17, 15) is 9.18 Å². The number of rotatable bonds is 5. The Bertz CT molecular complexity index is 783. The third-order valence-electron chi connectivity index (χ3n) is 3.30. The Hall–Kier alpha value is -3.08. The lowest BCUT2D eigenvalue weighted by atomic mass is 10.1. The van der Waals surface area contributed by atoms with Crippen LogP contribution in [0, 0.1) is 5.82 Å². The number of halogens is 1. The van der Waals surface area contributed by atoms with Gasteiger partial charge >= 0.3 is 0 Å². The minimum atomic E-state index is -0.306. The summed E-state index contributed by atoms with van der Waals surface area (Å²) in [6.45, 7) is 0.316. The molecule has 116 valence electrons. The molecule has 1 heterocycles. The Balaban J connectivity index is 1.74. The van der Waals surface area contributed by atoms with Crippen molar-refractivity contribution in [3.05, 3.63) is 84.1 Å². The Morgan fingerprint density at radius 2 is 1.78 bits per heavy atom. The monoisotopic (exact) mass is 310 g/mol. The summed E-state index contributed by atoms with van der Waals surface area (Å²) in [5, 5.41) is 5.93. The van der Waals surface area contributed by atoms with Gasteiger partial charge in [-0.05, 0) is 48.5 Å². The first-order chi connectivity index (χ1) is 11.2. The van der Waals surface area contributed by atoms with E-state index in [1.165, 1.54) is 12.1 Å². The van der Waals surface area contributed by atoms with Crippen molar-refractivity contribution in [2.24, 2.45) is 0 Å². The van der Waals surface area contributed by atoms with Crippen LogP contribution in [0.2, 0.25) is 0 Å². The highest BCUT2D eigenvalue weighted by atomic mass is 19.1. The number of furan rings is 1. The lowest BCUT2D eigenvalue weighted by molar-refractivity contribution is 0.0949. The summed E-state index contributed by atoms with van der Waals surface area (Å²) in [4.78, 5) is 12.4. The predicted molar refractivity (Wildman–Crippen MR) is 86.0 cm³/mol. The second-order valence-electron chi connectivity index (χ2n) is 4.94. The quantitative estimate of drug-likeness (QED) is 0.746. The molecule has 2 N–H and O–H groups in total. The molecule has 0 aliphatic carbocycles. The van der Waals surface area contributed by atoms with E-state index in [4.69, 9.17) is 4.42 Å². The standard InChI is InChI=1S/C18H15FN2O2/c19-13-7-9-14(10-8-13)21-17-6-2-1-5-16(17)18(22)20-12-15-4-3-11-23-15/h1-11,21H,12H2,(H,20,22). The number of amides is 1. The maximum absolute atomic E-state index is 13.0. The lowest BCUT2D eigenvalue weighted by Crippen LogP contribution is -2.23. The molecular weight excluding hydrogens is 295 g/mol. The minimum Gasteiger partial charge on any atom is -0.467 e. The van der Waals surface area contributed by atoms with E-state index in [1.54, 1.807) is 48.7 Å². The Morgan fingerprint density at radius 1 is 1.00 bits per heavy atom. The zero-order valence-electron chi connectivity index (χ0n) is 12.3. The summed E-state index contributed by atoms with van der Waals surface area (Å²) in [6, 6.07) is 16.7. The van der Waals surface area contributed by atoms with Crippen molar-refractivity contribution in [1.29, 1.82) is 0 Å². The molecule has 2 aromatic carbocycles. The fraction of sp³-hybridized carbons (Fsp3) is 0.0556. The summed E-state index contributed by atoms with van der Waals surface area (Å²) in [5.41, 5.74) is 1.86. The average Bonchev–Trinajstić information content (AvgIpc) is 3.09. The number of benzene rings is 2. The van der Waals surface area contributed by atoms with Crippen molar-refractivity contribution < 1.29 is 13.6 Å². The van der Waals surface area contributed by atoms with Crippen LogP contribution in [0.1, 0.15) is 16.1 Å². The van der Waals surface area contributed by atoms with Crippen LogP contribution in [0.5, 0.6) is 0 Å². The van der Waals surface area contributed by atoms with Crippen molar-refractivity contribution in [2.45, 2.75) is 6.54 Å². The molecule has 0 radical (unpaired) electrons. The van der Waals surface area contributed by atoms with Crippen LogP contribution in [0.25, 0.3) is 0 Å². The van der Waals surface area contributed by atoms with Crippen LogP contribution < -0.4 is 10.6 Å². The van der Waals surface area contributed by atoms with Crippen LogP contribution in [0.3, 0.4) is 0 Å². The van der Waals surface area contributed by atoms with Gasteiger partial charge in [0.2, 0.25) is 0 Å². The highest BCUT2D eigenvalue weighted by Crippen LogP contribution is 2.21. The fourth-order valence-corrected chi connectivity index (χ4v) is 2.15. The molecule has 0 saturated heterocycles. The zero-order chi connectivity index (χ0) is 16.1. The molecule has 0 aliphatic rings. The van der Waals surface area contributed by atoms with E-state index in [-0.39, 0.29) is 11.7 Å². The third-order valence-corrected chi connectivity index (χ3v) is 3.30. The number of hydrogen-bond acceptors (Lipinski definition) is 3. The molecule has 3 aromatic rings. The second kappa shape index (κ2) is 6.79. The van der Waals surface area contributed by atoms with Gasteiger partial charge in [-0.25, -0.2) is 4.39 Å². The molecule has 0 bridgehead atoms. The van der Waals surface area contributed by atoms with E-state index in [1.807, 2.05) is 6.07 Å². The van der Waals surface area contributed by atoms with Gasteiger partial charge in [0.05, 0.1) is 24.1 Å². The number of carbonyl (C=O) groups excluding carboxylic acids is 1. The van der Waals surface area contributed by atoms with E-state index < -0.39 is 0 Å². The van der Waals surface area contributed by atoms with Gasteiger partial charge in [0.25, 0.3) is 5.91 Å². The van der Waals surface area contributed by atoms with Crippen molar-refractivity contribution >= 4 is 17.3 Å². The van der Waals surface area contributed by atoms with E-state index in [0.717, 1.165) is 0 Å². The summed E-state index contributed by atoms with van der Waals surface area (Å²) in [5.74, 6) is 0.161. The van der Waals surface area contributed by atoms with Crippen molar-refractivity contribution in [1.82, 2.24) is 5.32 Å². The van der Waals surface area contributed by atoms with Gasteiger partial charge in [-0.2, -0.15) is 0 Å². The van der Waals surface area contributed by atoms with E-state index in [2.05, 4.69) is 10.6 Å². The van der Waals surface area contributed by atoms with Gasteiger partial charge < -0.3 is 15.1 Å². The van der Waals surface area contributed by atoms with E-state index in [0.29, 0.717) is 29.2 Å². The molecule has 0 atom stereocenters. The molecule has 1 aromatic heterocycles. The minimum absolute atomic E-state index is 0.216. The number of nitrogens with one attached hydrogen (secondary N) is 2. The number of carbonyl (C=O) groups is 1. The van der Waals surface area contributed by atoms with Crippen LogP contribution in [0.4, 0.5) is 15.8 Å². The SMILES string of the molecule is O=C(NCc1ccco1)c1ccccc1Nc1ccc(F)cc1. The van der Waals surface area contributed by atoms with Crippen LogP contribution in [-0.2, 0) is 6.54 Å². The molecule has 0 fully saturated rings. The number of anilines is 2. The van der Waals surface area contributed by atoms with Gasteiger partial charge in [-0.1, -0.05) is 12.1 Å². The molecule has 4 nitrogen and oxygen atoms in total. The van der Waals surface area contributed by atoms with Crippen LogP contribution in [0.15, 0.2) is 71.3 Å². The topological polar surface area (TPSA) is 54.3 Å². The van der Waals surface area contributed by atoms with Gasteiger partial charge in [0.1, 0.15) is 11.6 Å². The highest BCUT2D eigenvalue weighted by Gasteiger charge is 2.11. The highest BCUT2D eigenvalue weighted by molar-refractivity contribution is 6.00. The molecule has 1 amide bonds. The molecule has 0 spiro atoms. The maximum atomic E-state index is 13.0. The van der Waals surface area contributed by atoms with Gasteiger partial charge in [0, 0.05) is 5.69 Å². The summed E-state index contributed by atoms with van der Waals surface area (Å²) in [6.07, 6.45) is 1.56. The average molecular weight is 310 g/mol. The molecule has 0 unspecified atom stereocenters. The largest absolute Gasteiger partial charge is 0.467 e. The van der Waals surface area contributed by atoms with Crippen LogP contribution >= 0.6 is 0 Å². The number of para-hydroxylation sites is 1. The lowest BCUT2D eigenvalue weighted by Gasteiger charge is -2.12. The smallest absolute Gasteiger partial charge is 0.253 e. The molecule has 5 heteroatoms. The summed E-state index contributed by atoms with van der Waals surface area (Å²) >= 11 is 0. The first kappa shape index (κ1) is 14.8. The number of hydrogen-bond donors (Lipinski definition) is 2.